The van der Waals surface area contributed by atoms with Crippen molar-refractivity contribution in [3.8, 4) is 11.3 Å². The first-order valence-corrected chi connectivity index (χ1v) is 8.82. The Bertz CT molecular complexity index is 726. The molecular formula is C17H19F2N3OS. The van der Waals surface area contributed by atoms with Crippen LogP contribution in [-0.4, -0.2) is 35.4 Å². The van der Waals surface area contributed by atoms with E-state index < -0.39 is 11.6 Å². The van der Waals surface area contributed by atoms with Crippen LogP contribution in [0.15, 0.2) is 23.6 Å². The van der Waals surface area contributed by atoms with E-state index in [4.69, 9.17) is 0 Å². The Morgan fingerprint density at radius 3 is 2.88 bits per heavy atom. The highest BCUT2D eigenvalue weighted by atomic mass is 32.1. The third-order valence-corrected chi connectivity index (χ3v) is 4.96. The predicted octanol–water partition coefficient (Wildman–Crippen LogP) is 3.76. The number of aromatic nitrogens is 1. The van der Waals surface area contributed by atoms with Gasteiger partial charge in [-0.25, -0.2) is 13.8 Å². The highest BCUT2D eigenvalue weighted by Gasteiger charge is 2.19. The molecule has 0 radical (unpaired) electrons. The van der Waals surface area contributed by atoms with Gasteiger partial charge in [0.1, 0.15) is 11.6 Å². The third kappa shape index (κ3) is 4.15. The first kappa shape index (κ1) is 17.0. The van der Waals surface area contributed by atoms with Crippen LogP contribution in [0.5, 0.6) is 0 Å². The lowest BCUT2D eigenvalue weighted by atomic mass is 9.99. The van der Waals surface area contributed by atoms with Gasteiger partial charge in [-0.2, -0.15) is 0 Å². The number of thiazole rings is 1. The highest BCUT2D eigenvalue weighted by Crippen LogP contribution is 2.27. The van der Waals surface area contributed by atoms with Gasteiger partial charge in [-0.3, -0.25) is 9.69 Å². The molecule has 128 valence electrons. The summed E-state index contributed by atoms with van der Waals surface area (Å²) in [6.07, 6.45) is 2.21. The second kappa shape index (κ2) is 7.36. The summed E-state index contributed by atoms with van der Waals surface area (Å²) in [6, 6.07) is 3.23. The fraction of sp³-hybridized carbons (Fsp3) is 0.412. The van der Waals surface area contributed by atoms with Crippen molar-refractivity contribution in [2.45, 2.75) is 19.8 Å². The number of nitrogens with zero attached hydrogens (tertiary/aromatic N) is 2. The highest BCUT2D eigenvalue weighted by molar-refractivity contribution is 7.14. The van der Waals surface area contributed by atoms with Crippen LogP contribution in [-0.2, 0) is 4.79 Å². The lowest BCUT2D eigenvalue weighted by Gasteiger charge is -2.29. The molecule has 0 spiro atoms. The quantitative estimate of drug-likeness (QED) is 0.912. The second-order valence-electron chi connectivity index (χ2n) is 6.17. The van der Waals surface area contributed by atoms with Crippen molar-refractivity contribution in [2.75, 3.05) is 25.0 Å². The van der Waals surface area contributed by atoms with Crippen LogP contribution in [0.4, 0.5) is 13.9 Å². The van der Waals surface area contributed by atoms with Gasteiger partial charge in [0, 0.05) is 10.9 Å². The molecule has 2 heterocycles. The van der Waals surface area contributed by atoms with Gasteiger partial charge >= 0.3 is 0 Å². The molecule has 0 unspecified atom stereocenters. The molecule has 2 aromatic rings. The van der Waals surface area contributed by atoms with Crippen molar-refractivity contribution < 1.29 is 13.6 Å². The number of carbonyl (C=O) groups is 1. The number of nitrogens with one attached hydrogen (secondary N) is 1. The van der Waals surface area contributed by atoms with Gasteiger partial charge in [0.15, 0.2) is 5.13 Å². The lowest BCUT2D eigenvalue weighted by molar-refractivity contribution is -0.117. The molecule has 1 N–H and O–H groups in total. The zero-order chi connectivity index (χ0) is 17.1. The molecule has 0 atom stereocenters. The Balaban J connectivity index is 1.61. The minimum absolute atomic E-state index is 0.0942. The maximum absolute atomic E-state index is 13.8. The molecule has 3 rings (SSSR count). The second-order valence-corrected chi connectivity index (χ2v) is 7.03. The number of hydrogen-bond acceptors (Lipinski definition) is 4. The van der Waals surface area contributed by atoms with E-state index in [9.17, 15) is 13.6 Å². The largest absolute Gasteiger partial charge is 0.301 e. The Labute approximate surface area is 143 Å². The van der Waals surface area contributed by atoms with E-state index in [2.05, 4.69) is 22.1 Å². The Morgan fingerprint density at radius 1 is 1.38 bits per heavy atom. The number of halogens is 2. The molecule has 0 bridgehead atoms. The van der Waals surface area contributed by atoms with Crippen LogP contribution < -0.4 is 5.32 Å². The summed E-state index contributed by atoms with van der Waals surface area (Å²) in [5.74, 6) is -0.483. The summed E-state index contributed by atoms with van der Waals surface area (Å²) in [6.45, 7) is 4.40. The molecule has 1 aromatic carbocycles. The number of likely N-dealkylation sites (tertiary alicyclic amines) is 1. The number of benzene rings is 1. The van der Waals surface area contributed by atoms with Crippen LogP contribution in [0.3, 0.4) is 0 Å². The van der Waals surface area contributed by atoms with Gasteiger partial charge in [0.05, 0.1) is 12.2 Å². The standard InChI is InChI=1S/C17H19F2N3OS/c1-11-4-6-22(7-5-11)9-16(23)21-17-20-15(10-24-17)13-8-12(18)2-3-14(13)19/h2-3,8,10-11H,4-7,9H2,1H3,(H,20,21,23). The number of rotatable bonds is 4. The van der Waals surface area contributed by atoms with Crippen molar-refractivity contribution in [3.63, 3.8) is 0 Å². The summed E-state index contributed by atoms with van der Waals surface area (Å²) in [5, 5.41) is 4.74. The van der Waals surface area contributed by atoms with Crippen LogP contribution in [0.25, 0.3) is 11.3 Å². The molecule has 24 heavy (non-hydrogen) atoms. The summed E-state index contributed by atoms with van der Waals surface area (Å²) < 4.78 is 27.0. The smallest absolute Gasteiger partial charge is 0.240 e. The van der Waals surface area contributed by atoms with Crippen LogP contribution >= 0.6 is 11.3 Å². The Kier molecular flexibility index (Phi) is 5.20. The molecular weight excluding hydrogens is 332 g/mol. The van der Waals surface area contributed by atoms with E-state index in [1.54, 1.807) is 5.38 Å². The normalized spacial score (nSPS) is 16.3. The first-order valence-electron chi connectivity index (χ1n) is 7.94. The molecule has 1 aliphatic rings. The van der Waals surface area contributed by atoms with Gasteiger partial charge in [-0.1, -0.05) is 6.92 Å². The van der Waals surface area contributed by atoms with E-state index in [1.165, 1.54) is 11.3 Å². The average Bonchev–Trinajstić information content (AvgIpc) is 3.00. The summed E-state index contributed by atoms with van der Waals surface area (Å²) in [7, 11) is 0. The minimum atomic E-state index is -0.540. The number of carbonyl (C=O) groups excluding carboxylic acids is 1. The van der Waals surface area contributed by atoms with Crippen LogP contribution in [0, 0.1) is 17.6 Å². The number of amides is 1. The van der Waals surface area contributed by atoms with Gasteiger partial charge in [-0.05, 0) is 50.0 Å². The van der Waals surface area contributed by atoms with E-state index in [0.717, 1.165) is 44.1 Å². The number of hydrogen-bond donors (Lipinski definition) is 1. The molecule has 4 nitrogen and oxygen atoms in total. The van der Waals surface area contributed by atoms with Gasteiger partial charge < -0.3 is 5.32 Å². The minimum Gasteiger partial charge on any atom is -0.301 e. The maximum atomic E-state index is 13.8. The molecule has 0 saturated carbocycles. The Morgan fingerprint density at radius 2 is 2.12 bits per heavy atom. The van der Waals surface area contributed by atoms with Crippen molar-refractivity contribution in [2.24, 2.45) is 5.92 Å². The van der Waals surface area contributed by atoms with Crippen molar-refractivity contribution in [1.82, 2.24) is 9.88 Å². The van der Waals surface area contributed by atoms with Crippen LogP contribution in [0.2, 0.25) is 0 Å². The lowest BCUT2D eigenvalue weighted by Crippen LogP contribution is -2.38. The number of anilines is 1. The fourth-order valence-corrected chi connectivity index (χ4v) is 3.46. The van der Waals surface area contributed by atoms with Crippen LogP contribution in [0.1, 0.15) is 19.8 Å². The monoisotopic (exact) mass is 351 g/mol. The first-order chi connectivity index (χ1) is 11.5. The van der Waals surface area contributed by atoms with E-state index >= 15 is 0 Å². The summed E-state index contributed by atoms with van der Waals surface area (Å²) >= 11 is 1.20. The topological polar surface area (TPSA) is 45.2 Å². The molecule has 1 saturated heterocycles. The molecule has 7 heteroatoms. The van der Waals surface area contributed by atoms with E-state index in [0.29, 0.717) is 23.3 Å². The molecule has 1 fully saturated rings. The van der Waals surface area contributed by atoms with Crippen molar-refractivity contribution >= 4 is 22.4 Å². The van der Waals surface area contributed by atoms with Gasteiger partial charge in [0.2, 0.25) is 5.91 Å². The van der Waals surface area contributed by atoms with Crippen molar-refractivity contribution in [3.05, 3.63) is 35.2 Å². The zero-order valence-electron chi connectivity index (χ0n) is 13.4. The van der Waals surface area contributed by atoms with E-state index in [1.807, 2.05) is 0 Å². The third-order valence-electron chi connectivity index (χ3n) is 4.20. The molecule has 0 aliphatic carbocycles. The Hall–Kier alpha value is -1.86. The molecule has 1 aromatic heterocycles. The van der Waals surface area contributed by atoms with Gasteiger partial charge in [0.25, 0.3) is 0 Å². The zero-order valence-corrected chi connectivity index (χ0v) is 14.2. The average molecular weight is 351 g/mol. The number of piperidine rings is 1. The summed E-state index contributed by atoms with van der Waals surface area (Å²) in [5.41, 5.74) is 0.413. The maximum Gasteiger partial charge on any atom is 0.240 e. The summed E-state index contributed by atoms with van der Waals surface area (Å²) in [4.78, 5) is 18.4. The predicted molar refractivity (Wildman–Crippen MR) is 90.9 cm³/mol. The van der Waals surface area contributed by atoms with E-state index in [-0.39, 0.29) is 11.5 Å². The fourth-order valence-electron chi connectivity index (χ4n) is 2.73. The SMILES string of the molecule is CC1CCN(CC(=O)Nc2nc(-c3cc(F)ccc3F)cs2)CC1. The molecule has 1 amide bonds. The molecule has 1 aliphatic heterocycles. The van der Waals surface area contributed by atoms with Gasteiger partial charge in [-0.15, -0.1) is 11.3 Å². The van der Waals surface area contributed by atoms with Crippen molar-refractivity contribution in [1.29, 1.82) is 0 Å².